The Labute approximate surface area is 233 Å². The summed E-state index contributed by atoms with van der Waals surface area (Å²) in [7, 11) is -4.05. The van der Waals surface area contributed by atoms with Crippen LogP contribution in [0.25, 0.3) is 0 Å². The van der Waals surface area contributed by atoms with Crippen LogP contribution < -0.4 is 18.9 Å². The van der Waals surface area contributed by atoms with Gasteiger partial charge in [0.1, 0.15) is 0 Å². The first-order valence-electron chi connectivity index (χ1n) is 15.1. The molecule has 1 atom stereocenters. The van der Waals surface area contributed by atoms with Crippen LogP contribution in [0.2, 0.25) is 0 Å². The molecule has 0 radical (unpaired) electrons. The maximum absolute atomic E-state index is 14.0. The van der Waals surface area contributed by atoms with E-state index in [1.807, 2.05) is 0 Å². The van der Waals surface area contributed by atoms with Gasteiger partial charge in [-0.3, -0.25) is 4.18 Å². The smallest absolute Gasteiger partial charge is 1.00 e. The van der Waals surface area contributed by atoms with Crippen LogP contribution in [0.5, 0.6) is 0 Å². The average molecular weight is 515 g/mol. The zero-order chi connectivity index (χ0) is 25.2. The molecule has 0 aliphatic heterocycles. The zero-order valence-corrected chi connectivity index (χ0v) is 24.8. The van der Waals surface area contributed by atoms with Gasteiger partial charge in [-0.25, -0.2) is 4.39 Å². The Morgan fingerprint density at radius 1 is 0.543 bits per heavy atom. The third-order valence-electron chi connectivity index (χ3n) is 6.84. The van der Waals surface area contributed by atoms with Crippen molar-refractivity contribution >= 4 is 10.1 Å². The zero-order valence-electron chi connectivity index (χ0n) is 25.0. The van der Waals surface area contributed by atoms with E-state index in [1.54, 1.807) is 0 Å². The van der Waals surface area contributed by atoms with Crippen molar-refractivity contribution in [3.05, 3.63) is 0 Å². The van der Waals surface area contributed by atoms with Crippen LogP contribution in [0, 0.1) is 0 Å². The van der Waals surface area contributed by atoms with E-state index in [4.69, 9.17) is 4.18 Å². The molecule has 208 valence electrons. The van der Waals surface area contributed by atoms with Gasteiger partial charge in [0.15, 0.2) is 0 Å². The van der Waals surface area contributed by atoms with E-state index in [1.165, 1.54) is 109 Å². The van der Waals surface area contributed by atoms with Gasteiger partial charge in [-0.15, -0.1) is 0 Å². The largest absolute Gasteiger partial charge is 1.00 e. The van der Waals surface area contributed by atoms with Crippen molar-refractivity contribution in [3.8, 4) is 0 Å². The first kappa shape index (κ1) is 37.6. The summed E-state index contributed by atoms with van der Waals surface area (Å²) in [5.74, 6) is 0. The van der Waals surface area contributed by atoms with Crippen LogP contribution in [0.15, 0.2) is 0 Å². The van der Waals surface area contributed by atoms with Crippen LogP contribution in [-0.4, -0.2) is 20.5 Å². The van der Waals surface area contributed by atoms with Crippen LogP contribution in [0.3, 0.4) is 0 Å². The summed E-state index contributed by atoms with van der Waals surface area (Å²) in [6.45, 7) is 4.57. The van der Waals surface area contributed by atoms with Gasteiger partial charge < -0.3 is 1.43 Å². The molecule has 0 aromatic rings. The standard InChI is InChI=1S/C29H59FO3S.Li.H/c1-3-5-7-9-11-12-13-14-15-16-17-18-19-20-22-24-26-28-33-34(31,32)29(30)27-25-23-21-10-8-6-4-2;;/h29H,3-28H2,1-2H3;;/q;+1;-1. The first-order valence-corrected chi connectivity index (χ1v) is 16.5. The topological polar surface area (TPSA) is 43.4 Å². The van der Waals surface area contributed by atoms with Crippen molar-refractivity contribution in [2.75, 3.05) is 6.61 Å². The molecule has 6 heteroatoms. The van der Waals surface area contributed by atoms with E-state index in [9.17, 15) is 12.8 Å². The van der Waals surface area contributed by atoms with E-state index in [2.05, 4.69) is 13.8 Å². The SMILES string of the molecule is CCCCCCCCCCCCCCCCCCCOS(=O)(=O)C(F)CCCCCCCCC.[H-].[Li+]. The van der Waals surface area contributed by atoms with Crippen molar-refractivity contribution in [1.82, 2.24) is 0 Å². The Morgan fingerprint density at radius 3 is 1.17 bits per heavy atom. The van der Waals surface area contributed by atoms with E-state index < -0.39 is 15.6 Å². The normalized spacial score (nSPS) is 12.5. The molecule has 0 saturated heterocycles. The molecule has 0 spiro atoms. The van der Waals surface area contributed by atoms with Crippen LogP contribution >= 0.6 is 0 Å². The summed E-state index contributed by atoms with van der Waals surface area (Å²) in [6, 6.07) is 0. The van der Waals surface area contributed by atoms with Crippen molar-refractivity contribution in [2.24, 2.45) is 0 Å². The Balaban J connectivity index is -0.00000544. The Bertz CT molecular complexity index is 509. The molecule has 0 N–H and O–H groups in total. The molecule has 0 aromatic carbocycles. The fourth-order valence-electron chi connectivity index (χ4n) is 4.48. The maximum atomic E-state index is 14.0. The fraction of sp³-hybridized carbons (Fsp3) is 1.00. The molecule has 35 heavy (non-hydrogen) atoms. The minimum atomic E-state index is -4.05. The number of alkyl halides is 1. The first-order chi connectivity index (χ1) is 16.5. The molecule has 0 amide bonds. The molecule has 0 rings (SSSR count). The summed E-state index contributed by atoms with van der Waals surface area (Å²) in [5, 5.41) is 0. The number of hydrogen-bond acceptors (Lipinski definition) is 3. The van der Waals surface area contributed by atoms with Gasteiger partial charge in [0.05, 0.1) is 6.61 Å². The second kappa shape index (κ2) is 29.0. The second-order valence-corrected chi connectivity index (χ2v) is 12.0. The van der Waals surface area contributed by atoms with E-state index >= 15 is 0 Å². The summed E-state index contributed by atoms with van der Waals surface area (Å²) in [6.07, 6.45) is 29.3. The number of rotatable bonds is 28. The Morgan fingerprint density at radius 2 is 0.829 bits per heavy atom. The number of halogens is 1. The van der Waals surface area contributed by atoms with Crippen molar-refractivity contribution in [3.63, 3.8) is 0 Å². The van der Waals surface area contributed by atoms with Crippen molar-refractivity contribution in [1.29, 1.82) is 0 Å². The molecule has 0 bridgehead atoms. The third kappa shape index (κ3) is 27.3. The number of unbranched alkanes of at least 4 members (excludes halogenated alkanes) is 22. The minimum absolute atomic E-state index is 0. The van der Waals surface area contributed by atoms with E-state index in [-0.39, 0.29) is 33.3 Å². The molecule has 0 aromatic heterocycles. The second-order valence-electron chi connectivity index (χ2n) is 10.3. The Kier molecular flexibility index (Phi) is 31.1. The number of hydrogen-bond donors (Lipinski definition) is 0. The molecule has 1 unspecified atom stereocenters. The van der Waals surface area contributed by atoms with Gasteiger partial charge >= 0.3 is 18.9 Å². The van der Waals surface area contributed by atoms with Crippen molar-refractivity contribution in [2.45, 2.75) is 180 Å². The van der Waals surface area contributed by atoms with Crippen molar-refractivity contribution < 1.29 is 37.3 Å². The fourth-order valence-corrected chi connectivity index (χ4v) is 5.44. The van der Waals surface area contributed by atoms with Crippen LogP contribution in [0.1, 0.15) is 176 Å². The Hall–Kier alpha value is 0.437. The average Bonchev–Trinajstić information content (AvgIpc) is 2.82. The maximum Gasteiger partial charge on any atom is 1.00 e. The van der Waals surface area contributed by atoms with Crippen LogP contribution in [-0.2, 0) is 14.3 Å². The molecule has 0 aliphatic carbocycles. The summed E-state index contributed by atoms with van der Waals surface area (Å²) < 4.78 is 42.8. The molecule has 3 nitrogen and oxygen atoms in total. The van der Waals surface area contributed by atoms with Gasteiger partial charge in [0.2, 0.25) is 5.50 Å². The van der Waals surface area contributed by atoms with Gasteiger partial charge in [-0.1, -0.05) is 155 Å². The van der Waals surface area contributed by atoms with Gasteiger partial charge in [-0.05, 0) is 19.3 Å². The molecule has 0 fully saturated rings. The summed E-state index contributed by atoms with van der Waals surface area (Å²) in [5.41, 5.74) is -1.87. The van der Waals surface area contributed by atoms with Gasteiger partial charge in [0, 0.05) is 0 Å². The molecular formula is C29H60FLiO3S. The molecular weight excluding hydrogens is 454 g/mol. The van der Waals surface area contributed by atoms with Crippen LogP contribution in [0.4, 0.5) is 4.39 Å². The predicted octanol–water partition coefficient (Wildman–Crippen LogP) is 7.54. The summed E-state index contributed by atoms with van der Waals surface area (Å²) >= 11 is 0. The van der Waals surface area contributed by atoms with E-state index in [0.29, 0.717) is 12.8 Å². The monoisotopic (exact) mass is 514 g/mol. The summed E-state index contributed by atoms with van der Waals surface area (Å²) in [4.78, 5) is 0. The molecule has 0 aliphatic rings. The molecule has 0 heterocycles. The molecule has 0 saturated carbocycles. The van der Waals surface area contributed by atoms with Gasteiger partial charge in [-0.2, -0.15) is 8.42 Å². The van der Waals surface area contributed by atoms with Gasteiger partial charge in [0.25, 0.3) is 10.1 Å². The quantitative estimate of drug-likeness (QED) is 0.0615. The minimum Gasteiger partial charge on any atom is -1.00 e. The predicted molar refractivity (Wildman–Crippen MR) is 148 cm³/mol. The third-order valence-corrected chi connectivity index (χ3v) is 8.20. The van der Waals surface area contributed by atoms with E-state index in [0.717, 1.165) is 32.1 Å².